The van der Waals surface area contributed by atoms with Crippen LogP contribution in [-0.2, 0) is 0 Å². The molecule has 4 aromatic rings. The second-order valence-corrected chi connectivity index (χ2v) is 7.96. The highest BCUT2D eigenvalue weighted by Gasteiger charge is 2.16. The van der Waals surface area contributed by atoms with Crippen LogP contribution in [-0.4, -0.2) is 22.0 Å². The molecular formula is C28H29N7. The first-order valence-electron chi connectivity index (χ1n) is 11.3. The topological polar surface area (TPSA) is 129 Å². The number of nitrogens with two attached hydrogens (primary N) is 3. The van der Waals surface area contributed by atoms with Crippen LogP contribution in [0.15, 0.2) is 78.9 Å². The van der Waals surface area contributed by atoms with E-state index in [1.54, 1.807) is 13.1 Å². The quantitative estimate of drug-likeness (QED) is 0.215. The Morgan fingerprint density at radius 1 is 0.771 bits per heavy atom. The van der Waals surface area contributed by atoms with Gasteiger partial charge in [0, 0.05) is 29.3 Å². The highest BCUT2D eigenvalue weighted by atomic mass is 15.0. The Morgan fingerprint density at radius 3 is 1.94 bits per heavy atom. The van der Waals surface area contributed by atoms with Crippen LogP contribution in [0.4, 0.5) is 22.7 Å². The van der Waals surface area contributed by atoms with Crippen LogP contribution in [0.25, 0.3) is 39.5 Å². The van der Waals surface area contributed by atoms with E-state index in [-0.39, 0.29) is 0 Å². The number of nitrogen functional groups attached to an aromatic ring is 3. The van der Waals surface area contributed by atoms with Crippen molar-refractivity contribution in [3.8, 4) is 33.9 Å². The molecule has 0 radical (unpaired) electrons. The fraction of sp³-hybridized carbons (Fsp3) is 0.107. The van der Waals surface area contributed by atoms with E-state index in [4.69, 9.17) is 32.2 Å². The molecule has 7 nitrogen and oxygen atoms in total. The van der Waals surface area contributed by atoms with Crippen LogP contribution in [0.3, 0.4) is 0 Å². The summed E-state index contributed by atoms with van der Waals surface area (Å²) in [4.78, 5) is 14.3. The van der Waals surface area contributed by atoms with Crippen LogP contribution < -0.4 is 22.5 Å². The summed E-state index contributed by atoms with van der Waals surface area (Å²) in [5.41, 5.74) is 25.2. The van der Waals surface area contributed by atoms with Crippen molar-refractivity contribution in [1.29, 1.82) is 0 Å². The van der Waals surface area contributed by atoms with E-state index in [2.05, 4.69) is 5.32 Å². The summed E-state index contributed by atoms with van der Waals surface area (Å²) in [6.45, 7) is 3.94. The van der Waals surface area contributed by atoms with Gasteiger partial charge in [0.2, 0.25) is 0 Å². The number of allylic oxidation sites excluding steroid dienone is 4. The van der Waals surface area contributed by atoms with Crippen molar-refractivity contribution in [2.75, 3.05) is 29.6 Å². The van der Waals surface area contributed by atoms with Gasteiger partial charge in [-0.1, -0.05) is 72.8 Å². The van der Waals surface area contributed by atoms with Gasteiger partial charge < -0.3 is 22.5 Å². The molecule has 0 aliphatic rings. The van der Waals surface area contributed by atoms with Crippen LogP contribution in [0.1, 0.15) is 19.7 Å². The molecule has 176 valence electrons. The van der Waals surface area contributed by atoms with Crippen molar-refractivity contribution < 1.29 is 0 Å². The smallest absolute Gasteiger partial charge is 0.164 e. The fourth-order valence-electron chi connectivity index (χ4n) is 3.87. The summed E-state index contributed by atoms with van der Waals surface area (Å²) < 4.78 is 0. The molecule has 0 amide bonds. The molecular weight excluding hydrogens is 434 g/mol. The predicted octanol–water partition coefficient (Wildman–Crippen LogP) is 5.64. The number of aromatic nitrogens is 3. The third-order valence-electron chi connectivity index (χ3n) is 5.72. The highest BCUT2D eigenvalue weighted by molar-refractivity contribution is 5.98. The lowest BCUT2D eigenvalue weighted by Gasteiger charge is -2.16. The van der Waals surface area contributed by atoms with Crippen LogP contribution in [0.2, 0.25) is 0 Å². The van der Waals surface area contributed by atoms with E-state index < -0.39 is 0 Å². The molecule has 35 heavy (non-hydrogen) atoms. The molecule has 1 heterocycles. The van der Waals surface area contributed by atoms with E-state index >= 15 is 0 Å². The zero-order valence-electron chi connectivity index (χ0n) is 20.1. The molecule has 0 atom stereocenters. The third-order valence-corrected chi connectivity index (χ3v) is 5.72. The van der Waals surface area contributed by atoms with Gasteiger partial charge in [-0.3, -0.25) is 0 Å². The van der Waals surface area contributed by atoms with Crippen molar-refractivity contribution in [3.05, 3.63) is 84.7 Å². The second kappa shape index (κ2) is 10.1. The van der Waals surface area contributed by atoms with Crippen molar-refractivity contribution in [2.45, 2.75) is 13.8 Å². The van der Waals surface area contributed by atoms with Crippen molar-refractivity contribution in [2.24, 2.45) is 0 Å². The first-order chi connectivity index (χ1) is 17.0. The second-order valence-electron chi connectivity index (χ2n) is 7.96. The maximum atomic E-state index is 6.38. The zero-order valence-corrected chi connectivity index (χ0v) is 20.1. The van der Waals surface area contributed by atoms with Crippen molar-refractivity contribution in [1.82, 2.24) is 15.0 Å². The van der Waals surface area contributed by atoms with E-state index in [9.17, 15) is 0 Å². The first-order valence-corrected chi connectivity index (χ1v) is 11.3. The van der Waals surface area contributed by atoms with Gasteiger partial charge in [0.1, 0.15) is 0 Å². The average molecular weight is 464 g/mol. The van der Waals surface area contributed by atoms with Crippen LogP contribution in [0, 0.1) is 0 Å². The first kappa shape index (κ1) is 23.5. The van der Waals surface area contributed by atoms with Gasteiger partial charge in [0.05, 0.1) is 22.7 Å². The average Bonchev–Trinajstić information content (AvgIpc) is 2.90. The molecule has 0 saturated carbocycles. The summed E-state index contributed by atoms with van der Waals surface area (Å²) in [5.74, 6) is 1.80. The number of hydrogen-bond donors (Lipinski definition) is 4. The largest absolute Gasteiger partial charge is 0.397 e. The maximum absolute atomic E-state index is 6.38. The molecule has 0 aliphatic heterocycles. The molecule has 0 aliphatic carbocycles. The highest BCUT2D eigenvalue weighted by Crippen LogP contribution is 2.41. The SMILES string of the molecule is C/C=C\C(=C/C)c1nc(-c2ccccc2)nc(-c2ccc(-c3c(N)c(N)cc(NC)c3N)cc2)n1. The Morgan fingerprint density at radius 2 is 1.37 bits per heavy atom. The summed E-state index contributed by atoms with van der Waals surface area (Å²) >= 11 is 0. The Hall–Kier alpha value is -4.65. The molecule has 0 fully saturated rings. The van der Waals surface area contributed by atoms with Gasteiger partial charge in [-0.25, -0.2) is 15.0 Å². The minimum Gasteiger partial charge on any atom is -0.397 e. The summed E-state index contributed by atoms with van der Waals surface area (Å²) in [6.07, 6.45) is 5.94. The summed E-state index contributed by atoms with van der Waals surface area (Å²) in [7, 11) is 1.80. The molecule has 0 spiro atoms. The summed E-state index contributed by atoms with van der Waals surface area (Å²) in [6, 6.07) is 19.4. The monoisotopic (exact) mass is 463 g/mol. The van der Waals surface area contributed by atoms with Gasteiger partial charge in [0.25, 0.3) is 0 Å². The molecule has 4 rings (SSSR count). The molecule has 1 aromatic heterocycles. The standard InChI is InChI=1S/C28H29N7/c1-4-9-17(5-2)26-33-27(19-10-7-6-8-11-19)35-28(34-26)20-14-12-18(13-15-20)23-24(30)21(29)16-22(32-3)25(23)31/h4-16,32H,29-31H2,1-3H3/b9-4-,17-5+. The van der Waals surface area contributed by atoms with Gasteiger partial charge >= 0.3 is 0 Å². The molecule has 7 heteroatoms. The molecule has 0 unspecified atom stereocenters. The number of nitrogens with zero attached hydrogens (tertiary/aromatic N) is 3. The van der Waals surface area contributed by atoms with Gasteiger partial charge in [-0.2, -0.15) is 0 Å². The molecule has 0 bridgehead atoms. The minimum absolute atomic E-state index is 0.451. The van der Waals surface area contributed by atoms with Gasteiger partial charge in [0.15, 0.2) is 17.5 Å². The summed E-state index contributed by atoms with van der Waals surface area (Å²) in [5, 5.41) is 3.07. The Balaban J connectivity index is 1.83. The minimum atomic E-state index is 0.451. The lowest BCUT2D eigenvalue weighted by molar-refractivity contribution is 1.04. The van der Waals surface area contributed by atoms with Crippen molar-refractivity contribution >= 4 is 28.3 Å². The fourth-order valence-corrected chi connectivity index (χ4v) is 3.87. The Kier molecular flexibility index (Phi) is 6.78. The van der Waals surface area contributed by atoms with E-state index in [1.165, 1.54) is 0 Å². The number of anilines is 4. The third kappa shape index (κ3) is 4.70. The van der Waals surface area contributed by atoms with Crippen LogP contribution >= 0.6 is 0 Å². The van der Waals surface area contributed by atoms with E-state index in [1.807, 2.05) is 86.7 Å². The number of rotatable bonds is 6. The van der Waals surface area contributed by atoms with Gasteiger partial charge in [-0.15, -0.1) is 0 Å². The molecule has 0 saturated heterocycles. The number of benzene rings is 3. The normalized spacial score (nSPS) is 11.7. The maximum Gasteiger partial charge on any atom is 0.164 e. The zero-order chi connectivity index (χ0) is 24.9. The number of nitrogens with one attached hydrogen (secondary N) is 1. The van der Waals surface area contributed by atoms with Gasteiger partial charge in [-0.05, 0) is 25.5 Å². The Bertz CT molecular complexity index is 1410. The Labute approximate surface area is 205 Å². The van der Waals surface area contributed by atoms with E-state index in [0.717, 1.165) is 28.0 Å². The van der Waals surface area contributed by atoms with Crippen molar-refractivity contribution in [3.63, 3.8) is 0 Å². The predicted molar refractivity (Wildman–Crippen MR) is 147 cm³/mol. The number of hydrogen-bond acceptors (Lipinski definition) is 7. The lowest BCUT2D eigenvalue weighted by Crippen LogP contribution is -2.05. The van der Waals surface area contributed by atoms with E-state index in [0.29, 0.717) is 40.1 Å². The molecule has 7 N–H and O–H groups in total. The van der Waals surface area contributed by atoms with Crippen LogP contribution in [0.5, 0.6) is 0 Å². The molecule has 3 aromatic carbocycles. The lowest BCUT2D eigenvalue weighted by atomic mass is 9.98.